The van der Waals surface area contributed by atoms with Crippen molar-refractivity contribution in [1.29, 1.82) is 0 Å². The number of aromatic nitrogens is 2. The molecule has 63 heavy (non-hydrogen) atoms. The van der Waals surface area contributed by atoms with Gasteiger partial charge in [-0.25, -0.2) is 4.98 Å². The fourth-order valence-corrected chi connectivity index (χ4v) is 6.71. The first-order valence-electron chi connectivity index (χ1n) is 20.2. The fourth-order valence-electron chi connectivity index (χ4n) is 6.24. The van der Waals surface area contributed by atoms with Crippen LogP contribution in [0.3, 0.4) is 0 Å². The zero-order valence-corrected chi connectivity index (χ0v) is 36.4. The number of carboxylic acid groups (broad SMARTS) is 1. The molecule has 7 amide bonds. The SMILES string of the molecule is CSCC[C@@H](NC(=O)[C@@H](N)Cc1ccc(O)cc1)C(=O)N[C@@H](Cc1ccccc1)C(=O)N[C@@H](Cc1cnc[nH]1)C(=O)N[C@@H](CC(C)C)C(=O)N[C@@H](C)C(=O)N[C@@H](CC(=O)O)C(N)=O. The van der Waals surface area contributed by atoms with Gasteiger partial charge < -0.3 is 58.6 Å². The Kier molecular flexibility index (Phi) is 20.6. The highest BCUT2D eigenvalue weighted by Gasteiger charge is 2.34. The summed E-state index contributed by atoms with van der Waals surface area (Å²) in [6, 6.07) is 6.22. The number of aromatic amines is 1. The minimum atomic E-state index is -1.54. The summed E-state index contributed by atoms with van der Waals surface area (Å²) in [6.45, 7) is 4.89. The number of aromatic hydroxyl groups is 1. The lowest BCUT2D eigenvalue weighted by Gasteiger charge is -2.27. The molecule has 0 fully saturated rings. The lowest BCUT2D eigenvalue weighted by Crippen LogP contribution is -2.60. The van der Waals surface area contributed by atoms with E-state index in [2.05, 4.69) is 41.9 Å². The molecule has 3 rings (SSSR count). The highest BCUT2D eigenvalue weighted by Crippen LogP contribution is 2.13. The average Bonchev–Trinajstić information content (AvgIpc) is 3.75. The number of H-pyrrole nitrogens is 1. The number of nitrogens with one attached hydrogen (secondary N) is 7. The first kappa shape index (κ1) is 50.9. The van der Waals surface area contributed by atoms with Crippen molar-refractivity contribution in [3.8, 4) is 5.75 Å². The summed E-state index contributed by atoms with van der Waals surface area (Å²) in [7, 11) is 0. The third kappa shape index (κ3) is 17.8. The molecule has 1 aromatic heterocycles. The fraction of sp³-hybridized carbons (Fsp3) is 0.452. The van der Waals surface area contributed by atoms with Gasteiger partial charge in [0.05, 0.1) is 18.8 Å². The van der Waals surface area contributed by atoms with Crippen molar-refractivity contribution in [3.63, 3.8) is 0 Å². The number of hydrogen-bond donors (Lipinski definition) is 11. The minimum absolute atomic E-state index is 0.0121. The molecule has 3 aromatic rings. The predicted molar refractivity (Wildman–Crippen MR) is 233 cm³/mol. The van der Waals surface area contributed by atoms with Crippen molar-refractivity contribution in [2.45, 2.75) is 102 Å². The van der Waals surface area contributed by atoms with Crippen LogP contribution in [0.5, 0.6) is 5.75 Å². The molecule has 21 heteroatoms. The second-order valence-corrected chi connectivity index (χ2v) is 16.4. The van der Waals surface area contributed by atoms with Gasteiger partial charge in [-0.05, 0) is 67.4 Å². The van der Waals surface area contributed by atoms with Crippen LogP contribution in [0.4, 0.5) is 0 Å². The smallest absolute Gasteiger partial charge is 0.305 e. The van der Waals surface area contributed by atoms with E-state index in [1.165, 1.54) is 43.3 Å². The van der Waals surface area contributed by atoms with Gasteiger partial charge in [-0.3, -0.25) is 38.4 Å². The van der Waals surface area contributed by atoms with Crippen LogP contribution in [0.1, 0.15) is 56.9 Å². The highest BCUT2D eigenvalue weighted by atomic mass is 32.2. The van der Waals surface area contributed by atoms with Crippen molar-refractivity contribution in [3.05, 3.63) is 83.9 Å². The predicted octanol–water partition coefficient (Wildman–Crippen LogP) is -0.842. The molecule has 0 spiro atoms. The van der Waals surface area contributed by atoms with Crippen LogP contribution < -0.4 is 43.4 Å². The Hall–Kier alpha value is -6.48. The Bertz CT molecular complexity index is 2000. The average molecular weight is 895 g/mol. The first-order valence-corrected chi connectivity index (χ1v) is 21.6. The minimum Gasteiger partial charge on any atom is -0.508 e. The monoisotopic (exact) mass is 894 g/mol. The molecule has 0 saturated carbocycles. The maximum absolute atomic E-state index is 14.3. The van der Waals surface area contributed by atoms with Gasteiger partial charge in [-0.15, -0.1) is 0 Å². The zero-order chi connectivity index (χ0) is 46.6. The van der Waals surface area contributed by atoms with Crippen molar-refractivity contribution in [2.24, 2.45) is 17.4 Å². The summed E-state index contributed by atoms with van der Waals surface area (Å²) in [5.74, 6) is -6.60. The number of benzene rings is 2. The van der Waals surface area contributed by atoms with Gasteiger partial charge in [-0.2, -0.15) is 11.8 Å². The van der Waals surface area contributed by atoms with Gasteiger partial charge in [0, 0.05) is 24.7 Å². The number of phenols is 1. The summed E-state index contributed by atoms with van der Waals surface area (Å²) in [4.78, 5) is 112. The van der Waals surface area contributed by atoms with Crippen molar-refractivity contribution in [1.82, 2.24) is 41.9 Å². The molecule has 0 saturated heterocycles. The molecular formula is C42H58N10O10S. The molecule has 0 aliphatic carbocycles. The second kappa shape index (κ2) is 25.5. The van der Waals surface area contributed by atoms with Gasteiger partial charge in [0.1, 0.15) is 42.0 Å². The Morgan fingerprint density at radius 3 is 1.78 bits per heavy atom. The number of imidazole rings is 1. The highest BCUT2D eigenvalue weighted by molar-refractivity contribution is 7.98. The molecule has 0 radical (unpaired) electrons. The number of primary amides is 1. The molecule has 0 bridgehead atoms. The van der Waals surface area contributed by atoms with Crippen LogP contribution >= 0.6 is 11.8 Å². The standard InChI is InChI=1S/C42H58N10O10S/c1-23(2)16-32(40(60)47-24(3)37(57)49-31(36(44)56)20-35(54)55)50-42(62)34(19-27-21-45-22-46-27)52-41(61)33(18-25-8-6-5-7-9-25)51-39(59)30(14-15-63-4)48-38(58)29(43)17-26-10-12-28(53)13-11-26/h5-13,21-24,29-34,53H,14-20,43H2,1-4H3,(H2,44,56)(H,45,46)(H,47,60)(H,48,58)(H,49,57)(H,50,62)(H,51,59)(H,52,61)(H,54,55)/t24-,29-,30+,31-,32-,33-,34-/m0/s1. The summed E-state index contributed by atoms with van der Waals surface area (Å²) in [6.07, 6.45) is 4.17. The maximum atomic E-state index is 14.3. The number of carboxylic acids is 1. The summed E-state index contributed by atoms with van der Waals surface area (Å²) < 4.78 is 0. The van der Waals surface area contributed by atoms with Crippen LogP contribution in [0.15, 0.2) is 67.1 Å². The van der Waals surface area contributed by atoms with Gasteiger partial charge in [0.25, 0.3) is 0 Å². The van der Waals surface area contributed by atoms with Gasteiger partial charge in [-0.1, -0.05) is 56.3 Å². The van der Waals surface area contributed by atoms with Crippen LogP contribution in [0.2, 0.25) is 0 Å². The molecular weight excluding hydrogens is 837 g/mol. The first-order chi connectivity index (χ1) is 29.9. The third-order valence-electron chi connectivity index (χ3n) is 9.63. The second-order valence-electron chi connectivity index (χ2n) is 15.4. The van der Waals surface area contributed by atoms with E-state index in [0.29, 0.717) is 22.6 Å². The molecule has 2 aromatic carbocycles. The lowest BCUT2D eigenvalue weighted by molar-refractivity contribution is -0.140. The number of amides is 7. The molecule has 0 unspecified atom stereocenters. The van der Waals surface area contributed by atoms with Crippen LogP contribution in [-0.2, 0) is 57.6 Å². The number of carbonyl (C=O) groups excluding carboxylic acids is 7. The quantitative estimate of drug-likeness (QED) is 0.0469. The topological polar surface area (TPSA) is 330 Å². The van der Waals surface area contributed by atoms with E-state index < -0.39 is 96.0 Å². The molecule has 1 heterocycles. The van der Waals surface area contributed by atoms with E-state index in [1.807, 2.05) is 6.26 Å². The van der Waals surface area contributed by atoms with Crippen LogP contribution in [-0.4, -0.2) is 122 Å². The molecule has 0 aliphatic rings. The zero-order valence-electron chi connectivity index (χ0n) is 35.6. The summed E-state index contributed by atoms with van der Waals surface area (Å²) in [5.41, 5.74) is 13.3. The van der Waals surface area contributed by atoms with Crippen molar-refractivity contribution >= 4 is 59.1 Å². The number of carbonyl (C=O) groups is 8. The molecule has 13 N–H and O–H groups in total. The summed E-state index contributed by atoms with van der Waals surface area (Å²) in [5, 5.41) is 34.3. The van der Waals surface area contributed by atoms with Crippen molar-refractivity contribution < 1.29 is 48.6 Å². The largest absolute Gasteiger partial charge is 0.508 e. The Labute approximate surface area is 369 Å². The Morgan fingerprint density at radius 2 is 1.22 bits per heavy atom. The van der Waals surface area contributed by atoms with Crippen LogP contribution in [0, 0.1) is 5.92 Å². The Balaban J connectivity index is 1.85. The number of thioether (sulfide) groups is 1. The number of nitrogens with zero attached hydrogens (tertiary/aromatic N) is 1. The third-order valence-corrected chi connectivity index (χ3v) is 10.3. The summed E-state index contributed by atoms with van der Waals surface area (Å²) >= 11 is 1.44. The van der Waals surface area contributed by atoms with Crippen molar-refractivity contribution in [2.75, 3.05) is 12.0 Å². The molecule has 20 nitrogen and oxygen atoms in total. The Morgan fingerprint density at radius 1 is 0.683 bits per heavy atom. The van der Waals surface area contributed by atoms with Crippen LogP contribution in [0.25, 0.3) is 0 Å². The van der Waals surface area contributed by atoms with Gasteiger partial charge in [0.15, 0.2) is 0 Å². The normalized spacial score (nSPS) is 14.4. The lowest BCUT2D eigenvalue weighted by atomic mass is 10.0. The number of hydrogen-bond acceptors (Lipinski definition) is 12. The number of phenolic OH excluding ortho intramolecular Hbond substituents is 1. The number of rotatable bonds is 26. The van der Waals surface area contributed by atoms with E-state index in [1.54, 1.807) is 56.3 Å². The van der Waals surface area contributed by atoms with E-state index in [0.717, 1.165) is 0 Å². The molecule has 7 atom stereocenters. The molecule has 342 valence electrons. The molecule has 0 aliphatic heterocycles. The van der Waals surface area contributed by atoms with E-state index in [-0.39, 0.29) is 43.8 Å². The number of nitrogens with two attached hydrogens (primary N) is 2. The van der Waals surface area contributed by atoms with E-state index in [4.69, 9.17) is 16.6 Å². The maximum Gasteiger partial charge on any atom is 0.305 e. The van der Waals surface area contributed by atoms with Gasteiger partial charge in [0.2, 0.25) is 41.4 Å². The van der Waals surface area contributed by atoms with Gasteiger partial charge >= 0.3 is 5.97 Å². The van der Waals surface area contributed by atoms with E-state index >= 15 is 0 Å². The van der Waals surface area contributed by atoms with E-state index in [9.17, 15) is 43.5 Å². The number of aliphatic carboxylic acids is 1.